The number of benzene rings is 7. The van der Waals surface area contributed by atoms with Crippen molar-refractivity contribution in [1.82, 2.24) is 19.6 Å². The summed E-state index contributed by atoms with van der Waals surface area (Å²) in [7, 11) is 0. The molecule has 0 amide bonds. The van der Waals surface area contributed by atoms with E-state index in [0.717, 1.165) is 78.0 Å². The van der Waals surface area contributed by atoms with E-state index in [2.05, 4.69) is 193 Å². The maximum Gasteiger partial charge on any atom is 0.160 e. The Balaban J connectivity index is 1.09. The van der Waals surface area contributed by atoms with Crippen molar-refractivity contribution in [1.29, 1.82) is 0 Å². The summed E-state index contributed by atoms with van der Waals surface area (Å²) in [5.74, 6) is 0.687. The smallest absolute Gasteiger partial charge is 0.160 e. The van der Waals surface area contributed by atoms with Crippen LogP contribution in [0.5, 0.6) is 0 Å². The summed E-state index contributed by atoms with van der Waals surface area (Å²) in [6, 6.07) is 68.3. The van der Waals surface area contributed by atoms with Crippen molar-refractivity contribution in [2.75, 3.05) is 0 Å². The van der Waals surface area contributed by atoms with Crippen molar-refractivity contribution >= 4 is 47.8 Å². The molecule has 0 aliphatic carbocycles. The molecule has 5 heteroatoms. The first-order chi connectivity index (χ1) is 27.8. The van der Waals surface area contributed by atoms with Crippen LogP contribution in [-0.2, 0) is 0 Å². The highest BCUT2D eigenvalue weighted by molar-refractivity contribution is 7.26. The van der Waals surface area contributed by atoms with Gasteiger partial charge in [0, 0.05) is 58.9 Å². The van der Waals surface area contributed by atoms with Gasteiger partial charge in [0.15, 0.2) is 5.82 Å². The van der Waals surface area contributed by atoms with E-state index in [1.54, 1.807) is 0 Å². The molecule has 0 aliphatic heterocycles. The maximum atomic E-state index is 5.39. The Bertz CT molecular complexity index is 3220. The van der Waals surface area contributed by atoms with E-state index >= 15 is 0 Å². The molecule has 0 saturated carbocycles. The maximum absolute atomic E-state index is 5.39. The molecule has 4 heterocycles. The van der Waals surface area contributed by atoms with Crippen molar-refractivity contribution in [3.8, 4) is 67.5 Å². The second kappa shape index (κ2) is 13.3. The zero-order valence-electron chi connectivity index (χ0n) is 30.2. The van der Waals surface area contributed by atoms with E-state index in [0.29, 0.717) is 5.82 Å². The number of aromatic nitrogens is 4. The minimum Gasteiger partial charge on any atom is -0.231 e. The third-order valence-corrected chi connectivity index (χ3v) is 11.9. The van der Waals surface area contributed by atoms with Gasteiger partial charge in [-0.1, -0.05) is 176 Å². The highest BCUT2D eigenvalue weighted by Gasteiger charge is 2.22. The predicted molar refractivity (Wildman–Crippen MR) is 234 cm³/mol. The summed E-state index contributed by atoms with van der Waals surface area (Å²) < 4.78 is 4.64. The minimum atomic E-state index is 0.687. The lowest BCUT2D eigenvalue weighted by Crippen LogP contribution is -1.97. The van der Waals surface area contributed by atoms with Crippen LogP contribution in [0.4, 0.5) is 0 Å². The molecule has 0 atom stereocenters. The van der Waals surface area contributed by atoms with Crippen LogP contribution in [0, 0.1) is 0 Å². The van der Waals surface area contributed by atoms with Crippen molar-refractivity contribution in [2.24, 2.45) is 0 Å². The first kappa shape index (κ1) is 32.2. The third-order valence-electron chi connectivity index (χ3n) is 10.6. The zero-order valence-corrected chi connectivity index (χ0v) is 31.0. The van der Waals surface area contributed by atoms with Crippen molar-refractivity contribution < 1.29 is 0 Å². The third kappa shape index (κ3) is 5.40. The molecule has 262 valence electrons. The van der Waals surface area contributed by atoms with Gasteiger partial charge in [0.2, 0.25) is 0 Å². The van der Waals surface area contributed by atoms with Crippen LogP contribution < -0.4 is 0 Å². The second-order valence-electron chi connectivity index (χ2n) is 14.0. The molecule has 0 bridgehead atoms. The van der Waals surface area contributed by atoms with Gasteiger partial charge < -0.3 is 0 Å². The summed E-state index contributed by atoms with van der Waals surface area (Å²) in [6.45, 7) is 0. The molecule has 0 radical (unpaired) electrons. The average Bonchev–Trinajstić information content (AvgIpc) is 3.87. The van der Waals surface area contributed by atoms with Crippen molar-refractivity contribution in [2.45, 2.75) is 0 Å². The Morgan fingerprint density at radius 2 is 1.04 bits per heavy atom. The van der Waals surface area contributed by atoms with Crippen LogP contribution >= 0.6 is 11.3 Å². The number of nitrogens with zero attached hydrogens (tertiary/aromatic N) is 4. The molecule has 0 saturated heterocycles. The monoisotopic (exact) mass is 732 g/mol. The lowest BCUT2D eigenvalue weighted by atomic mass is 9.97. The van der Waals surface area contributed by atoms with E-state index in [9.17, 15) is 0 Å². The number of thiophene rings is 1. The van der Waals surface area contributed by atoms with Gasteiger partial charge in [-0.05, 0) is 29.1 Å². The van der Waals surface area contributed by atoms with Gasteiger partial charge in [-0.25, -0.2) is 14.5 Å². The highest BCUT2D eigenvalue weighted by atomic mass is 32.1. The van der Waals surface area contributed by atoms with Crippen LogP contribution in [0.2, 0.25) is 0 Å². The zero-order chi connectivity index (χ0) is 37.0. The predicted octanol–water partition coefficient (Wildman–Crippen LogP) is 13.6. The number of rotatable bonds is 6. The van der Waals surface area contributed by atoms with Crippen LogP contribution in [0.3, 0.4) is 0 Å². The van der Waals surface area contributed by atoms with Crippen molar-refractivity contribution in [3.05, 3.63) is 194 Å². The standard InChI is InChI=1S/C51H32N4S/c1-4-15-33(16-5-1)43-32-44(42-25-14-24-41-40-23-12-13-26-46(40)56-50(41)42)53-51(52-43)37-29-27-34(28-30-37)45-31-38-21-10-11-22-39(38)49-47(35-17-6-2-7-18-35)48(54-55(45)49)36-19-8-3-9-20-36/h1-32H. The van der Waals surface area contributed by atoms with E-state index in [1.165, 1.54) is 20.2 Å². The van der Waals surface area contributed by atoms with Gasteiger partial charge in [-0.2, -0.15) is 5.10 Å². The first-order valence-electron chi connectivity index (χ1n) is 18.8. The Labute approximate surface area is 327 Å². The molecule has 0 fully saturated rings. The Hall–Kier alpha value is -7.21. The molecule has 0 spiro atoms. The van der Waals surface area contributed by atoms with Crippen molar-refractivity contribution in [3.63, 3.8) is 0 Å². The molecule has 7 aromatic carbocycles. The molecule has 0 aliphatic rings. The highest BCUT2D eigenvalue weighted by Crippen LogP contribution is 2.42. The molecule has 0 unspecified atom stereocenters. The fourth-order valence-electron chi connectivity index (χ4n) is 7.98. The van der Waals surface area contributed by atoms with Gasteiger partial charge in [0.1, 0.15) is 5.69 Å². The summed E-state index contributed by atoms with van der Waals surface area (Å²) >= 11 is 1.82. The Kier molecular flexibility index (Phi) is 7.64. The SMILES string of the molecule is c1ccc(-c2cc(-c3cccc4c3sc3ccccc34)nc(-c3ccc(-c4cc5ccccc5c5c(-c6ccccc6)c(-c6ccccc6)nn45)cc3)n2)cc1. The fourth-order valence-corrected chi connectivity index (χ4v) is 9.21. The van der Waals surface area contributed by atoms with Gasteiger partial charge in [0.25, 0.3) is 0 Å². The average molecular weight is 733 g/mol. The lowest BCUT2D eigenvalue weighted by molar-refractivity contribution is 0.979. The molecule has 56 heavy (non-hydrogen) atoms. The molecule has 11 rings (SSSR count). The van der Waals surface area contributed by atoms with Crippen LogP contribution in [-0.4, -0.2) is 19.6 Å². The summed E-state index contributed by atoms with van der Waals surface area (Å²) in [5.41, 5.74) is 12.4. The number of hydrogen-bond donors (Lipinski definition) is 0. The first-order valence-corrected chi connectivity index (χ1v) is 19.6. The van der Waals surface area contributed by atoms with Crippen LogP contribution in [0.25, 0.3) is 104 Å². The topological polar surface area (TPSA) is 43.1 Å². The Morgan fingerprint density at radius 3 is 1.80 bits per heavy atom. The molecule has 4 nitrogen and oxygen atoms in total. The van der Waals surface area contributed by atoms with Gasteiger partial charge in [0.05, 0.1) is 22.6 Å². The van der Waals surface area contributed by atoms with E-state index < -0.39 is 0 Å². The van der Waals surface area contributed by atoms with Gasteiger partial charge in [-0.15, -0.1) is 11.3 Å². The van der Waals surface area contributed by atoms with E-state index in [-0.39, 0.29) is 0 Å². The van der Waals surface area contributed by atoms with E-state index in [1.807, 2.05) is 17.4 Å². The van der Waals surface area contributed by atoms with Gasteiger partial charge >= 0.3 is 0 Å². The molecule has 11 aromatic rings. The van der Waals surface area contributed by atoms with Gasteiger partial charge in [-0.3, -0.25) is 0 Å². The van der Waals surface area contributed by atoms with Crippen LogP contribution in [0.15, 0.2) is 194 Å². The van der Waals surface area contributed by atoms with E-state index in [4.69, 9.17) is 15.1 Å². The number of pyridine rings is 1. The number of hydrogen-bond acceptors (Lipinski definition) is 4. The van der Waals surface area contributed by atoms with Crippen LogP contribution in [0.1, 0.15) is 0 Å². The number of fused-ring (bicyclic) bond motifs is 6. The molecule has 0 N–H and O–H groups in total. The fraction of sp³-hybridized carbons (Fsp3) is 0. The normalized spacial score (nSPS) is 11.6. The Morgan fingerprint density at radius 1 is 0.429 bits per heavy atom. The largest absolute Gasteiger partial charge is 0.231 e. The minimum absolute atomic E-state index is 0.687. The molecular weight excluding hydrogens is 701 g/mol. The quantitative estimate of drug-likeness (QED) is 0.171. The molecule has 4 aromatic heterocycles. The summed E-state index contributed by atoms with van der Waals surface area (Å²) in [4.78, 5) is 10.4. The summed E-state index contributed by atoms with van der Waals surface area (Å²) in [5, 5.41) is 10.2. The molecular formula is C51H32N4S. The second-order valence-corrected chi connectivity index (χ2v) is 15.1. The lowest BCUT2D eigenvalue weighted by Gasteiger charge is -2.12. The summed E-state index contributed by atoms with van der Waals surface area (Å²) in [6.07, 6.45) is 0.